The first-order valence-corrected chi connectivity index (χ1v) is 6.11. The van der Waals surface area contributed by atoms with Crippen LogP contribution in [0.15, 0.2) is 48.8 Å². The molecule has 2 aromatic carbocycles. The van der Waals surface area contributed by atoms with Crippen molar-refractivity contribution in [2.45, 2.75) is 0 Å². The number of hydrogen-bond acceptors (Lipinski definition) is 2. The first-order valence-electron chi connectivity index (χ1n) is 5.74. The van der Waals surface area contributed by atoms with E-state index in [-0.39, 0.29) is 5.84 Å². The summed E-state index contributed by atoms with van der Waals surface area (Å²) in [5, 5.41) is 8.15. The van der Waals surface area contributed by atoms with Crippen molar-refractivity contribution >= 4 is 28.5 Å². The number of aromatic nitrogens is 2. The monoisotopic (exact) mass is 270 g/mol. The quantitative estimate of drug-likeness (QED) is 0.555. The van der Waals surface area contributed by atoms with Crippen LogP contribution in [-0.2, 0) is 0 Å². The van der Waals surface area contributed by atoms with Crippen LogP contribution in [0.2, 0.25) is 5.02 Å². The summed E-state index contributed by atoms with van der Waals surface area (Å²) < 4.78 is 1.89. The van der Waals surface area contributed by atoms with Crippen molar-refractivity contribution in [3.63, 3.8) is 0 Å². The average molecular weight is 271 g/mol. The molecule has 4 nitrogen and oxygen atoms in total. The van der Waals surface area contributed by atoms with Crippen LogP contribution in [0.1, 0.15) is 5.56 Å². The average Bonchev–Trinajstić information content (AvgIpc) is 2.81. The molecule has 0 radical (unpaired) electrons. The van der Waals surface area contributed by atoms with Crippen molar-refractivity contribution in [3.8, 4) is 5.69 Å². The number of hydrogen-bond donors (Lipinski definition) is 2. The van der Waals surface area contributed by atoms with E-state index in [0.717, 1.165) is 16.7 Å². The summed E-state index contributed by atoms with van der Waals surface area (Å²) in [5.41, 5.74) is 8.75. The molecule has 0 amide bonds. The van der Waals surface area contributed by atoms with Gasteiger partial charge in [-0.1, -0.05) is 29.8 Å². The van der Waals surface area contributed by atoms with Crippen LogP contribution in [0.25, 0.3) is 16.7 Å². The lowest BCUT2D eigenvalue weighted by molar-refractivity contribution is 1.08. The number of para-hydroxylation sites is 2. The van der Waals surface area contributed by atoms with Gasteiger partial charge in [0, 0.05) is 0 Å². The molecule has 0 aliphatic carbocycles. The van der Waals surface area contributed by atoms with Gasteiger partial charge in [0.2, 0.25) is 0 Å². The lowest BCUT2D eigenvalue weighted by Crippen LogP contribution is -2.15. The smallest absolute Gasteiger partial charge is 0.126 e. The number of halogens is 1. The second-order valence-electron chi connectivity index (χ2n) is 4.15. The van der Waals surface area contributed by atoms with Crippen molar-refractivity contribution in [2.24, 2.45) is 5.73 Å². The number of rotatable bonds is 2. The van der Waals surface area contributed by atoms with Crippen LogP contribution >= 0.6 is 11.6 Å². The van der Waals surface area contributed by atoms with Crippen LogP contribution in [0.3, 0.4) is 0 Å². The number of amidine groups is 1. The number of imidazole rings is 1. The van der Waals surface area contributed by atoms with Crippen molar-refractivity contribution in [3.05, 3.63) is 59.4 Å². The van der Waals surface area contributed by atoms with E-state index in [4.69, 9.17) is 22.7 Å². The largest absolute Gasteiger partial charge is 0.384 e. The normalized spacial score (nSPS) is 10.8. The van der Waals surface area contributed by atoms with Gasteiger partial charge in [-0.15, -0.1) is 0 Å². The van der Waals surface area contributed by atoms with Crippen LogP contribution in [0, 0.1) is 5.41 Å². The van der Waals surface area contributed by atoms with Crippen molar-refractivity contribution in [1.29, 1.82) is 5.41 Å². The van der Waals surface area contributed by atoms with Crippen molar-refractivity contribution < 1.29 is 0 Å². The summed E-state index contributed by atoms with van der Waals surface area (Å²) in [4.78, 5) is 4.33. The predicted octanol–water partition coefficient (Wildman–Crippen LogP) is 2.96. The molecule has 0 atom stereocenters. The van der Waals surface area contributed by atoms with Gasteiger partial charge < -0.3 is 5.73 Å². The minimum Gasteiger partial charge on any atom is -0.384 e. The van der Waals surface area contributed by atoms with E-state index in [2.05, 4.69) is 4.98 Å². The molecule has 3 rings (SSSR count). The Morgan fingerprint density at radius 1 is 1.16 bits per heavy atom. The van der Waals surface area contributed by atoms with Crippen LogP contribution in [0.4, 0.5) is 0 Å². The molecular weight excluding hydrogens is 260 g/mol. The third-order valence-electron chi connectivity index (χ3n) is 2.97. The van der Waals surface area contributed by atoms with Gasteiger partial charge in [0.1, 0.15) is 12.2 Å². The zero-order valence-corrected chi connectivity index (χ0v) is 10.7. The van der Waals surface area contributed by atoms with Crippen LogP contribution in [0.5, 0.6) is 0 Å². The Bertz CT molecular complexity index is 776. The number of nitrogens with two attached hydrogens (primary N) is 1. The maximum Gasteiger partial charge on any atom is 0.126 e. The number of benzene rings is 2. The summed E-state index contributed by atoms with van der Waals surface area (Å²) >= 11 is 6.14. The standard InChI is InChI=1S/C14H11ClN4/c15-9-4-3-7-12(13(9)14(16)17)19-8-18-10-5-1-2-6-11(10)19/h1-8H,(H3,16,17). The highest BCUT2D eigenvalue weighted by molar-refractivity contribution is 6.34. The molecule has 0 saturated heterocycles. The zero-order valence-electron chi connectivity index (χ0n) is 9.97. The molecule has 3 N–H and O–H groups in total. The van der Waals surface area contributed by atoms with Crippen molar-refractivity contribution in [1.82, 2.24) is 9.55 Å². The summed E-state index contributed by atoms with van der Waals surface area (Å²) in [7, 11) is 0. The maximum absolute atomic E-state index is 7.69. The van der Waals surface area contributed by atoms with E-state index >= 15 is 0 Å². The highest BCUT2D eigenvalue weighted by Crippen LogP contribution is 2.25. The van der Waals surface area contributed by atoms with E-state index in [1.54, 1.807) is 12.4 Å². The maximum atomic E-state index is 7.69. The van der Waals surface area contributed by atoms with Gasteiger partial charge in [-0.05, 0) is 24.3 Å². The Kier molecular flexibility index (Phi) is 2.72. The Labute approximate surface area is 115 Å². The lowest BCUT2D eigenvalue weighted by Gasteiger charge is -2.11. The fourth-order valence-corrected chi connectivity index (χ4v) is 2.40. The summed E-state index contributed by atoms with van der Waals surface area (Å²) in [6.45, 7) is 0. The fraction of sp³-hybridized carbons (Fsp3) is 0. The topological polar surface area (TPSA) is 67.7 Å². The van der Waals surface area contributed by atoms with Gasteiger partial charge in [-0.2, -0.15) is 0 Å². The Morgan fingerprint density at radius 3 is 2.74 bits per heavy atom. The third-order valence-corrected chi connectivity index (χ3v) is 3.29. The van der Waals surface area contributed by atoms with Gasteiger partial charge in [-0.3, -0.25) is 9.98 Å². The summed E-state index contributed by atoms with van der Waals surface area (Å²) in [6, 6.07) is 13.2. The van der Waals surface area contributed by atoms with Crippen LogP contribution in [-0.4, -0.2) is 15.4 Å². The molecule has 0 unspecified atom stereocenters. The lowest BCUT2D eigenvalue weighted by atomic mass is 10.1. The molecule has 0 aliphatic rings. The van der Waals surface area contributed by atoms with E-state index in [9.17, 15) is 0 Å². The first-order chi connectivity index (χ1) is 9.18. The van der Waals surface area contributed by atoms with Gasteiger partial charge in [0.15, 0.2) is 0 Å². The van der Waals surface area contributed by atoms with Gasteiger partial charge in [-0.25, -0.2) is 4.98 Å². The molecule has 1 heterocycles. The molecule has 0 aliphatic heterocycles. The molecule has 0 fully saturated rings. The van der Waals surface area contributed by atoms with E-state index < -0.39 is 0 Å². The van der Waals surface area contributed by atoms with Gasteiger partial charge in [0.25, 0.3) is 0 Å². The fourth-order valence-electron chi connectivity index (χ4n) is 2.13. The summed E-state index contributed by atoms with van der Waals surface area (Å²) in [6.07, 6.45) is 1.71. The molecule has 0 saturated carbocycles. The highest BCUT2D eigenvalue weighted by atomic mass is 35.5. The summed E-state index contributed by atoms with van der Waals surface area (Å²) in [5.74, 6) is -0.0571. The minimum absolute atomic E-state index is 0.0571. The van der Waals surface area contributed by atoms with E-state index in [1.165, 1.54) is 0 Å². The molecule has 3 aromatic rings. The number of nitrogen functional groups attached to an aromatic ring is 1. The Hall–Kier alpha value is -2.33. The molecular formula is C14H11ClN4. The molecule has 1 aromatic heterocycles. The van der Waals surface area contributed by atoms with Crippen molar-refractivity contribution in [2.75, 3.05) is 0 Å². The molecule has 5 heteroatoms. The Balaban J connectivity index is 2.33. The second-order valence-corrected chi connectivity index (χ2v) is 4.56. The molecule has 94 valence electrons. The number of nitrogens with one attached hydrogen (secondary N) is 1. The van der Waals surface area contributed by atoms with Crippen LogP contribution < -0.4 is 5.73 Å². The minimum atomic E-state index is -0.0571. The SMILES string of the molecule is N=C(N)c1c(Cl)cccc1-n1cnc2ccccc21. The number of fused-ring (bicyclic) bond motifs is 1. The van der Waals surface area contributed by atoms with Gasteiger partial charge >= 0.3 is 0 Å². The van der Waals surface area contributed by atoms with Gasteiger partial charge in [0.05, 0.1) is 27.3 Å². The second kappa shape index (κ2) is 4.40. The first kappa shape index (κ1) is 11.7. The molecule has 0 bridgehead atoms. The number of nitrogens with zero attached hydrogens (tertiary/aromatic N) is 2. The highest BCUT2D eigenvalue weighted by Gasteiger charge is 2.13. The van der Waals surface area contributed by atoms with E-state index in [0.29, 0.717) is 10.6 Å². The van der Waals surface area contributed by atoms with E-state index in [1.807, 2.05) is 41.0 Å². The molecule has 0 spiro atoms. The predicted molar refractivity (Wildman–Crippen MR) is 77.1 cm³/mol. The molecule has 19 heavy (non-hydrogen) atoms. The third kappa shape index (κ3) is 1.86. The Morgan fingerprint density at radius 2 is 1.95 bits per heavy atom. The zero-order chi connectivity index (χ0) is 13.4.